The first-order chi connectivity index (χ1) is 16.1. The van der Waals surface area contributed by atoms with Gasteiger partial charge in [-0.15, -0.1) is 0 Å². The van der Waals surface area contributed by atoms with Gasteiger partial charge in [0.2, 0.25) is 0 Å². The summed E-state index contributed by atoms with van der Waals surface area (Å²) in [7, 11) is 0. The van der Waals surface area contributed by atoms with E-state index >= 15 is 0 Å². The normalized spacial score (nSPS) is 20.0. The fourth-order valence-corrected chi connectivity index (χ4v) is 4.82. The minimum atomic E-state index is -0.864. The summed E-state index contributed by atoms with van der Waals surface area (Å²) in [5.74, 6) is 1.58. The number of aromatic nitrogens is 3. The molecule has 1 saturated carbocycles. The number of ether oxygens (including phenoxy) is 2. The molecule has 2 aromatic heterocycles. The largest absolute Gasteiger partial charge is 0.443 e. The lowest BCUT2D eigenvalue weighted by Crippen LogP contribution is -2.28. The smallest absolute Gasteiger partial charge is 0.420 e. The molecule has 34 heavy (non-hydrogen) atoms. The van der Waals surface area contributed by atoms with E-state index in [2.05, 4.69) is 5.16 Å². The highest BCUT2D eigenvalue weighted by Crippen LogP contribution is 2.43. The number of aliphatic hydroxyl groups excluding tert-OH is 1. The molecule has 8 heteroatoms. The second-order valence-corrected chi connectivity index (χ2v) is 10.5. The van der Waals surface area contributed by atoms with Crippen LogP contribution in [0.15, 0.2) is 16.7 Å². The maximum atomic E-state index is 13.4. The van der Waals surface area contributed by atoms with Crippen LogP contribution in [0.5, 0.6) is 0 Å². The van der Waals surface area contributed by atoms with Gasteiger partial charge in [0.15, 0.2) is 0 Å². The van der Waals surface area contributed by atoms with Crippen LogP contribution >= 0.6 is 0 Å². The van der Waals surface area contributed by atoms with Crippen LogP contribution < -0.4 is 0 Å². The Bertz CT molecular complexity index is 1210. The summed E-state index contributed by atoms with van der Waals surface area (Å²) in [6.45, 7) is 9.94. The minimum Gasteiger partial charge on any atom is -0.443 e. The van der Waals surface area contributed by atoms with Crippen molar-refractivity contribution >= 4 is 17.1 Å². The lowest BCUT2D eigenvalue weighted by molar-refractivity contribution is -0.0628. The number of hydrogen-bond donors (Lipinski definition) is 1. The molecule has 8 nitrogen and oxygen atoms in total. The van der Waals surface area contributed by atoms with Gasteiger partial charge in [0.25, 0.3) is 0 Å². The van der Waals surface area contributed by atoms with Crippen LogP contribution in [0, 0.1) is 13.8 Å². The lowest BCUT2D eigenvalue weighted by atomic mass is 9.93. The molecule has 3 heterocycles. The van der Waals surface area contributed by atoms with Gasteiger partial charge in [0, 0.05) is 23.7 Å². The average molecular weight is 468 g/mol. The molecule has 1 aliphatic carbocycles. The summed E-state index contributed by atoms with van der Waals surface area (Å²) in [4.78, 5) is 18.3. The molecule has 182 valence electrons. The van der Waals surface area contributed by atoms with E-state index in [4.69, 9.17) is 19.0 Å². The number of benzene rings is 1. The van der Waals surface area contributed by atoms with E-state index < -0.39 is 17.8 Å². The average Bonchev–Trinajstić information content (AvgIpc) is 3.48. The predicted molar refractivity (Wildman–Crippen MR) is 127 cm³/mol. The number of nitrogens with zero attached hydrogens (tertiary/aromatic N) is 3. The summed E-state index contributed by atoms with van der Waals surface area (Å²) in [6.07, 6.45) is 3.11. The van der Waals surface area contributed by atoms with E-state index in [1.54, 1.807) is 4.57 Å². The minimum absolute atomic E-state index is 0.207. The van der Waals surface area contributed by atoms with Crippen LogP contribution in [0.1, 0.15) is 87.7 Å². The Kier molecular flexibility index (Phi) is 5.76. The van der Waals surface area contributed by atoms with Crippen molar-refractivity contribution in [2.75, 3.05) is 6.61 Å². The molecule has 2 atom stereocenters. The van der Waals surface area contributed by atoms with Gasteiger partial charge in [-0.3, -0.25) is 0 Å². The molecule has 2 fully saturated rings. The van der Waals surface area contributed by atoms with Gasteiger partial charge in [-0.2, -0.15) is 0 Å². The SMILES string of the molecule is Cc1noc(C)c1-c1cc(C(O)C2CCCCO2)c2nc(C3CC3)n(C(=O)OC(C)(C)C)c2c1. The van der Waals surface area contributed by atoms with Crippen LogP contribution in [0.2, 0.25) is 0 Å². The highest BCUT2D eigenvalue weighted by atomic mass is 16.6. The van der Waals surface area contributed by atoms with Crippen molar-refractivity contribution in [3.63, 3.8) is 0 Å². The van der Waals surface area contributed by atoms with Crippen molar-refractivity contribution in [3.05, 3.63) is 35.0 Å². The topological polar surface area (TPSA) is 99.6 Å². The van der Waals surface area contributed by atoms with Gasteiger partial charge >= 0.3 is 6.09 Å². The van der Waals surface area contributed by atoms with Crippen molar-refractivity contribution in [2.45, 2.75) is 90.4 Å². The van der Waals surface area contributed by atoms with Crippen LogP contribution in [-0.4, -0.2) is 44.2 Å². The first-order valence-electron chi connectivity index (χ1n) is 12.2. The van der Waals surface area contributed by atoms with E-state index in [9.17, 15) is 9.90 Å². The zero-order valence-electron chi connectivity index (χ0n) is 20.6. The molecule has 5 rings (SSSR count). The Hall–Kier alpha value is -2.71. The van der Waals surface area contributed by atoms with Crippen molar-refractivity contribution in [1.82, 2.24) is 14.7 Å². The highest BCUT2D eigenvalue weighted by molar-refractivity contribution is 5.93. The summed E-state index contributed by atoms with van der Waals surface area (Å²) in [5.41, 5.74) is 3.67. The second-order valence-electron chi connectivity index (χ2n) is 10.5. The van der Waals surface area contributed by atoms with Gasteiger partial charge in [-0.25, -0.2) is 14.3 Å². The molecular weight excluding hydrogens is 434 g/mol. The van der Waals surface area contributed by atoms with Crippen LogP contribution in [0.4, 0.5) is 4.79 Å². The standard InChI is InChI=1S/C26H33N3O5/c1-14-21(15(2)34-28-14)17-12-18(23(30)20-8-6-7-11-32-20)22-19(13-17)29(24(27-22)16-9-10-16)25(31)33-26(3,4)5/h12-13,16,20,23,30H,6-11H2,1-5H3. The lowest BCUT2D eigenvalue weighted by Gasteiger charge is -2.27. The monoisotopic (exact) mass is 467 g/mol. The van der Waals surface area contributed by atoms with Crippen LogP contribution in [0.25, 0.3) is 22.2 Å². The fraction of sp³-hybridized carbons (Fsp3) is 0.577. The number of hydrogen-bond acceptors (Lipinski definition) is 7. The third-order valence-electron chi connectivity index (χ3n) is 6.54. The van der Waals surface area contributed by atoms with Crippen molar-refractivity contribution in [2.24, 2.45) is 0 Å². The molecule has 1 aliphatic heterocycles. The van der Waals surface area contributed by atoms with E-state index in [0.29, 0.717) is 34.8 Å². The van der Waals surface area contributed by atoms with Crippen LogP contribution in [-0.2, 0) is 9.47 Å². The van der Waals surface area contributed by atoms with Gasteiger partial charge in [-0.1, -0.05) is 5.16 Å². The Morgan fingerprint density at radius 1 is 1.21 bits per heavy atom. The number of carbonyl (C=O) groups excluding carboxylic acids is 1. The predicted octanol–water partition coefficient (Wildman–Crippen LogP) is 5.57. The molecule has 3 aromatic rings. The number of rotatable bonds is 4. The molecule has 0 amide bonds. The van der Waals surface area contributed by atoms with Crippen molar-refractivity contribution < 1.29 is 23.9 Å². The number of fused-ring (bicyclic) bond motifs is 1. The van der Waals surface area contributed by atoms with E-state index in [1.165, 1.54) is 0 Å². The van der Waals surface area contributed by atoms with Crippen molar-refractivity contribution in [3.8, 4) is 11.1 Å². The van der Waals surface area contributed by atoms with Gasteiger partial charge < -0.3 is 19.1 Å². The summed E-state index contributed by atoms with van der Waals surface area (Å²) in [6, 6.07) is 3.88. The summed E-state index contributed by atoms with van der Waals surface area (Å²) >= 11 is 0. The van der Waals surface area contributed by atoms with Crippen molar-refractivity contribution in [1.29, 1.82) is 0 Å². The Morgan fingerprint density at radius 2 is 1.97 bits per heavy atom. The molecule has 0 bridgehead atoms. The molecule has 2 aliphatic rings. The number of imidazole rings is 1. The summed E-state index contributed by atoms with van der Waals surface area (Å²) < 4.78 is 18.7. The van der Waals surface area contributed by atoms with Gasteiger partial charge in [-0.05, 0) is 84.4 Å². The molecule has 1 aromatic carbocycles. The second kappa shape index (κ2) is 8.50. The molecule has 0 spiro atoms. The maximum absolute atomic E-state index is 13.4. The van der Waals surface area contributed by atoms with E-state index in [1.807, 2.05) is 46.8 Å². The Labute approximate surface area is 199 Å². The Balaban J connectivity index is 1.74. The molecule has 1 N–H and O–H groups in total. The van der Waals surface area contributed by atoms with E-state index in [-0.39, 0.29) is 12.0 Å². The third-order valence-corrected chi connectivity index (χ3v) is 6.54. The maximum Gasteiger partial charge on any atom is 0.420 e. The number of aliphatic hydroxyl groups is 1. The molecule has 0 radical (unpaired) electrons. The zero-order chi connectivity index (χ0) is 24.2. The Morgan fingerprint density at radius 3 is 2.56 bits per heavy atom. The number of aryl methyl sites for hydroxylation is 2. The molecular formula is C26H33N3O5. The highest BCUT2D eigenvalue weighted by Gasteiger charge is 2.36. The summed E-state index contributed by atoms with van der Waals surface area (Å²) in [5, 5.41) is 15.6. The number of carbonyl (C=O) groups is 1. The molecule has 1 saturated heterocycles. The first kappa shape index (κ1) is 23.1. The van der Waals surface area contributed by atoms with Gasteiger partial charge in [0.1, 0.15) is 23.3 Å². The fourth-order valence-electron chi connectivity index (χ4n) is 4.82. The van der Waals surface area contributed by atoms with Crippen LogP contribution in [0.3, 0.4) is 0 Å². The van der Waals surface area contributed by atoms with Gasteiger partial charge in [0.05, 0.1) is 22.8 Å². The zero-order valence-corrected chi connectivity index (χ0v) is 20.6. The third kappa shape index (κ3) is 4.25. The van der Waals surface area contributed by atoms with E-state index in [0.717, 1.165) is 48.9 Å². The molecule has 2 unspecified atom stereocenters. The first-order valence-corrected chi connectivity index (χ1v) is 12.2. The quantitative estimate of drug-likeness (QED) is 0.535.